The number of hydrazone groups is 1. The Morgan fingerprint density at radius 3 is 2.79 bits per heavy atom. The molecule has 2 unspecified atom stereocenters. The molecular weight excluding hydrogens is 420 g/mol. The molecule has 2 aromatic carbocycles. The number of carboxylic acid groups (broad SMARTS) is 1. The van der Waals surface area contributed by atoms with Gasteiger partial charge in [-0.15, -0.1) is 11.3 Å². The Kier molecular flexibility index (Phi) is 5.29. The number of nitrogens with zero attached hydrogens (tertiary/aromatic N) is 3. The molecule has 0 amide bonds. The summed E-state index contributed by atoms with van der Waals surface area (Å²) in [5, 5.41) is 17.8. The molecule has 2 atom stereocenters. The zero-order chi connectivity index (χ0) is 20.5. The van der Waals surface area contributed by atoms with E-state index in [2.05, 4.69) is 10.1 Å². The zero-order valence-corrected chi connectivity index (χ0v) is 16.4. The Balaban J connectivity index is 1.66. The van der Waals surface area contributed by atoms with Gasteiger partial charge in [0, 0.05) is 28.0 Å². The summed E-state index contributed by atoms with van der Waals surface area (Å²) >= 11 is 7.50. The minimum absolute atomic E-state index is 0.211. The average Bonchev–Trinajstić information content (AvgIpc) is 3.21. The highest BCUT2D eigenvalue weighted by Crippen LogP contribution is 2.38. The van der Waals surface area contributed by atoms with Crippen LogP contribution in [-0.4, -0.2) is 34.5 Å². The van der Waals surface area contributed by atoms with Crippen molar-refractivity contribution in [3.05, 3.63) is 69.8 Å². The minimum Gasteiger partial charge on any atom is -0.478 e. The molecule has 148 valence electrons. The molecule has 1 aliphatic carbocycles. The van der Waals surface area contributed by atoms with Crippen molar-refractivity contribution in [1.82, 2.24) is 4.98 Å². The van der Waals surface area contributed by atoms with Gasteiger partial charge in [0.1, 0.15) is 12.0 Å². The van der Waals surface area contributed by atoms with Gasteiger partial charge in [0.25, 0.3) is 0 Å². The molecule has 1 heterocycles. The molecule has 0 radical (unpaired) electrons. The summed E-state index contributed by atoms with van der Waals surface area (Å²) in [7, 11) is 0. The van der Waals surface area contributed by atoms with Gasteiger partial charge < -0.3 is 5.11 Å². The van der Waals surface area contributed by atoms with Crippen molar-refractivity contribution in [2.75, 3.05) is 5.01 Å². The molecule has 3 aromatic rings. The van der Waals surface area contributed by atoms with Crippen LogP contribution >= 0.6 is 22.9 Å². The first-order valence-corrected chi connectivity index (χ1v) is 9.90. The van der Waals surface area contributed by atoms with E-state index in [-0.39, 0.29) is 11.1 Å². The normalized spacial score (nSPS) is 18.2. The van der Waals surface area contributed by atoms with Gasteiger partial charge in [-0.2, -0.15) is 5.10 Å². The summed E-state index contributed by atoms with van der Waals surface area (Å²) in [4.78, 5) is 15.9. The van der Waals surface area contributed by atoms with Crippen LogP contribution in [0.1, 0.15) is 22.3 Å². The van der Waals surface area contributed by atoms with Gasteiger partial charge in [-0.1, -0.05) is 29.8 Å². The number of carboxylic acids is 1. The van der Waals surface area contributed by atoms with Crippen molar-refractivity contribution in [2.45, 2.75) is 18.6 Å². The van der Waals surface area contributed by atoms with Crippen molar-refractivity contribution in [1.29, 1.82) is 0 Å². The van der Waals surface area contributed by atoms with Crippen LogP contribution in [0.4, 0.5) is 13.9 Å². The lowest BCUT2D eigenvalue weighted by Gasteiger charge is -2.15. The van der Waals surface area contributed by atoms with Gasteiger partial charge >= 0.3 is 5.97 Å². The number of hydrogen-bond donors (Lipinski definition) is 1. The van der Waals surface area contributed by atoms with Crippen LogP contribution < -0.4 is 5.01 Å². The van der Waals surface area contributed by atoms with E-state index in [1.807, 2.05) is 18.2 Å². The van der Waals surface area contributed by atoms with Crippen LogP contribution in [0.15, 0.2) is 52.9 Å². The van der Waals surface area contributed by atoms with Crippen molar-refractivity contribution in [3.8, 4) is 11.3 Å². The first-order chi connectivity index (χ1) is 13.9. The Labute approximate surface area is 173 Å². The lowest BCUT2D eigenvalue weighted by Crippen LogP contribution is -2.21. The van der Waals surface area contributed by atoms with Crippen molar-refractivity contribution >= 4 is 40.3 Å². The first kappa shape index (κ1) is 19.5. The van der Waals surface area contributed by atoms with Gasteiger partial charge in [-0.3, -0.25) is 0 Å². The van der Waals surface area contributed by atoms with E-state index in [1.165, 1.54) is 28.6 Å². The number of thiazole rings is 1. The van der Waals surface area contributed by atoms with Gasteiger partial charge in [-0.25, -0.2) is 23.6 Å². The highest BCUT2D eigenvalue weighted by molar-refractivity contribution is 7.14. The van der Waals surface area contributed by atoms with E-state index in [4.69, 9.17) is 11.6 Å². The Morgan fingerprint density at radius 1 is 1.34 bits per heavy atom. The van der Waals surface area contributed by atoms with E-state index in [9.17, 15) is 18.7 Å². The van der Waals surface area contributed by atoms with Gasteiger partial charge in [0.05, 0.1) is 23.5 Å². The van der Waals surface area contributed by atoms with Crippen LogP contribution in [-0.2, 0) is 0 Å². The second-order valence-corrected chi connectivity index (χ2v) is 7.68. The molecule has 0 spiro atoms. The summed E-state index contributed by atoms with van der Waals surface area (Å²) in [6, 6.07) is 10.1. The van der Waals surface area contributed by atoms with Gasteiger partial charge in [0.2, 0.25) is 5.13 Å². The largest absolute Gasteiger partial charge is 0.478 e. The fraction of sp³-hybridized carbons (Fsp3) is 0.150. The monoisotopic (exact) mass is 433 g/mol. The highest BCUT2D eigenvalue weighted by atomic mass is 35.5. The fourth-order valence-corrected chi connectivity index (χ4v) is 3.87. The topological polar surface area (TPSA) is 65.8 Å². The molecule has 1 aromatic heterocycles. The van der Waals surface area contributed by atoms with Crippen LogP contribution in [0.3, 0.4) is 0 Å². The van der Waals surface area contributed by atoms with E-state index < -0.39 is 24.0 Å². The third-order valence-electron chi connectivity index (χ3n) is 4.40. The third-order valence-corrected chi connectivity index (χ3v) is 5.56. The maximum absolute atomic E-state index is 13.8. The summed E-state index contributed by atoms with van der Waals surface area (Å²) in [5.74, 6) is -1.94. The van der Waals surface area contributed by atoms with Crippen molar-refractivity contribution < 1.29 is 18.7 Å². The number of aromatic carboxylic acids is 1. The van der Waals surface area contributed by atoms with Crippen LogP contribution in [0, 0.1) is 5.82 Å². The Morgan fingerprint density at radius 2 is 2.10 bits per heavy atom. The lowest BCUT2D eigenvalue weighted by atomic mass is 10.1. The predicted octanol–water partition coefficient (Wildman–Crippen LogP) is 5.25. The van der Waals surface area contributed by atoms with E-state index in [1.54, 1.807) is 11.4 Å². The van der Waals surface area contributed by atoms with Crippen LogP contribution in [0.2, 0.25) is 5.02 Å². The molecule has 1 aliphatic rings. The molecule has 0 saturated heterocycles. The molecule has 1 fully saturated rings. The predicted molar refractivity (Wildman–Crippen MR) is 109 cm³/mol. The highest BCUT2D eigenvalue weighted by Gasteiger charge is 2.44. The SMILES string of the molecule is O=C(O)c1cc(F)ccc1/C=N/N(c1nc(-c2ccccc2Cl)cs1)C1CC1F. The van der Waals surface area contributed by atoms with E-state index in [0.717, 1.165) is 17.7 Å². The molecule has 1 saturated carbocycles. The standard InChI is InChI=1S/C20H14ClF2N3O2S/c21-15-4-2-1-3-13(15)17-10-29-20(25-17)26(18-8-16(18)23)24-9-11-5-6-12(22)7-14(11)19(27)28/h1-7,9-10,16,18H,8H2,(H,27,28)/b24-9+. The number of hydrogen-bond acceptors (Lipinski definition) is 5. The average molecular weight is 434 g/mol. The quantitative estimate of drug-likeness (QED) is 0.426. The zero-order valence-electron chi connectivity index (χ0n) is 14.8. The lowest BCUT2D eigenvalue weighted by molar-refractivity contribution is 0.0696. The van der Waals surface area contributed by atoms with Crippen LogP contribution in [0.5, 0.6) is 0 Å². The first-order valence-electron chi connectivity index (χ1n) is 8.64. The number of aromatic nitrogens is 1. The number of benzene rings is 2. The maximum Gasteiger partial charge on any atom is 0.336 e. The smallest absolute Gasteiger partial charge is 0.336 e. The third kappa shape index (κ3) is 4.13. The van der Waals surface area contributed by atoms with E-state index in [0.29, 0.717) is 22.3 Å². The maximum atomic E-state index is 13.8. The molecule has 5 nitrogen and oxygen atoms in total. The molecule has 0 bridgehead atoms. The number of rotatable bonds is 6. The van der Waals surface area contributed by atoms with Crippen molar-refractivity contribution in [3.63, 3.8) is 0 Å². The number of halogens is 3. The second-order valence-electron chi connectivity index (χ2n) is 6.44. The summed E-state index contributed by atoms with van der Waals surface area (Å²) < 4.78 is 27.2. The van der Waals surface area contributed by atoms with E-state index >= 15 is 0 Å². The van der Waals surface area contributed by atoms with Gasteiger partial charge in [0.15, 0.2) is 0 Å². The molecule has 29 heavy (non-hydrogen) atoms. The number of anilines is 1. The Hall–Kier alpha value is -2.84. The molecule has 1 N–H and O–H groups in total. The fourth-order valence-electron chi connectivity index (χ4n) is 2.79. The summed E-state index contributed by atoms with van der Waals surface area (Å²) in [6.07, 6.45) is 0.532. The number of alkyl halides is 1. The second kappa shape index (κ2) is 7.88. The summed E-state index contributed by atoms with van der Waals surface area (Å²) in [6.45, 7) is 0. The Bertz CT molecular complexity index is 1100. The van der Waals surface area contributed by atoms with Crippen molar-refractivity contribution in [2.24, 2.45) is 5.10 Å². The molecular formula is C20H14ClF2N3O2S. The minimum atomic E-state index is -1.28. The van der Waals surface area contributed by atoms with Gasteiger partial charge in [-0.05, 0) is 24.3 Å². The summed E-state index contributed by atoms with van der Waals surface area (Å²) in [5.41, 5.74) is 1.37. The molecule has 9 heteroatoms. The molecule has 4 rings (SSSR count). The van der Waals surface area contributed by atoms with Crippen LogP contribution in [0.25, 0.3) is 11.3 Å². The number of carbonyl (C=O) groups is 1. The molecule has 0 aliphatic heterocycles.